The lowest BCUT2D eigenvalue weighted by Gasteiger charge is -2.18. The number of hydrogen-bond donors (Lipinski definition) is 1. The summed E-state index contributed by atoms with van der Waals surface area (Å²) in [6.45, 7) is 0.441. The lowest BCUT2D eigenvalue weighted by atomic mass is 10.2. The Kier molecular flexibility index (Phi) is 2.89. The van der Waals surface area contributed by atoms with E-state index < -0.39 is 0 Å². The number of rotatable bonds is 1. The second-order valence-corrected chi connectivity index (χ2v) is 4.88. The lowest BCUT2D eigenvalue weighted by Crippen LogP contribution is -2.25. The second kappa shape index (κ2) is 4.02. The molecule has 0 saturated carbocycles. The maximum atomic E-state index is 11.6. The van der Waals surface area contributed by atoms with Gasteiger partial charge in [-0.3, -0.25) is 4.79 Å². The maximum absolute atomic E-state index is 11.6. The predicted molar refractivity (Wildman–Crippen MR) is 62.4 cm³/mol. The fraction of sp³-hybridized carbons (Fsp3) is 0.300. The van der Waals surface area contributed by atoms with Gasteiger partial charge in [-0.25, -0.2) is 0 Å². The number of anilines is 1. The summed E-state index contributed by atoms with van der Waals surface area (Å²) in [6, 6.07) is 5.04. The molecule has 15 heavy (non-hydrogen) atoms. The average Bonchev–Trinajstić information content (AvgIpc) is 2.45. The Labute approximate surface area is 101 Å². The molecule has 1 saturated heterocycles. The number of carbonyl (C=O) groups is 1. The van der Waals surface area contributed by atoms with E-state index in [0.29, 0.717) is 23.1 Å². The largest absolute Gasteiger partial charge is 0.506 e. The highest BCUT2D eigenvalue weighted by Crippen LogP contribution is 2.37. The number of para-hydroxylation sites is 1. The van der Waals surface area contributed by atoms with Gasteiger partial charge in [-0.05, 0) is 28.1 Å². The minimum atomic E-state index is -0.177. The van der Waals surface area contributed by atoms with E-state index in [2.05, 4.69) is 15.9 Å². The highest BCUT2D eigenvalue weighted by atomic mass is 79.9. The summed E-state index contributed by atoms with van der Waals surface area (Å²) in [6.07, 6.45) is 0.322. The van der Waals surface area contributed by atoms with Gasteiger partial charge >= 0.3 is 0 Å². The SMILES string of the molecule is O=C1CC(Cl)CN1c1c(O)cccc1Br. The third-order valence-electron chi connectivity index (χ3n) is 2.31. The van der Waals surface area contributed by atoms with E-state index in [0.717, 1.165) is 0 Å². The van der Waals surface area contributed by atoms with Gasteiger partial charge in [-0.1, -0.05) is 6.07 Å². The number of amides is 1. The van der Waals surface area contributed by atoms with Crippen molar-refractivity contribution in [1.29, 1.82) is 0 Å². The number of benzene rings is 1. The van der Waals surface area contributed by atoms with Crippen LogP contribution in [0.5, 0.6) is 5.75 Å². The summed E-state index contributed by atoms with van der Waals surface area (Å²) in [5.41, 5.74) is 0.505. The highest BCUT2D eigenvalue weighted by molar-refractivity contribution is 9.10. The first kappa shape index (κ1) is 10.8. The minimum Gasteiger partial charge on any atom is -0.506 e. The molecule has 3 nitrogen and oxygen atoms in total. The summed E-state index contributed by atoms with van der Waals surface area (Å²) in [4.78, 5) is 13.1. The van der Waals surface area contributed by atoms with Crippen molar-refractivity contribution in [2.45, 2.75) is 11.8 Å². The van der Waals surface area contributed by atoms with E-state index in [-0.39, 0.29) is 17.0 Å². The Morgan fingerprint density at radius 3 is 2.80 bits per heavy atom. The Bertz CT molecular complexity index is 390. The molecular formula is C10H9BrClNO2. The molecule has 1 aromatic carbocycles. The van der Waals surface area contributed by atoms with Crippen LogP contribution in [0, 0.1) is 0 Å². The Hall–Kier alpha value is -0.740. The van der Waals surface area contributed by atoms with Gasteiger partial charge in [0.15, 0.2) is 0 Å². The summed E-state index contributed by atoms with van der Waals surface area (Å²) < 4.78 is 0.696. The Morgan fingerprint density at radius 2 is 2.27 bits per heavy atom. The maximum Gasteiger partial charge on any atom is 0.228 e. The van der Waals surface area contributed by atoms with E-state index >= 15 is 0 Å². The van der Waals surface area contributed by atoms with Gasteiger partial charge in [-0.15, -0.1) is 11.6 Å². The zero-order chi connectivity index (χ0) is 11.0. The van der Waals surface area contributed by atoms with Gasteiger partial charge < -0.3 is 10.0 Å². The van der Waals surface area contributed by atoms with Crippen LogP contribution in [-0.4, -0.2) is 22.9 Å². The van der Waals surface area contributed by atoms with Gasteiger partial charge in [-0.2, -0.15) is 0 Å². The second-order valence-electron chi connectivity index (χ2n) is 3.41. The van der Waals surface area contributed by atoms with Crippen molar-refractivity contribution in [3.05, 3.63) is 22.7 Å². The van der Waals surface area contributed by atoms with Crippen molar-refractivity contribution in [1.82, 2.24) is 0 Å². The molecule has 0 radical (unpaired) electrons. The molecule has 1 amide bonds. The average molecular weight is 291 g/mol. The molecule has 2 rings (SSSR count). The fourth-order valence-electron chi connectivity index (χ4n) is 1.65. The minimum absolute atomic E-state index is 0.0581. The topological polar surface area (TPSA) is 40.5 Å². The number of nitrogens with zero attached hydrogens (tertiary/aromatic N) is 1. The fourth-order valence-corrected chi connectivity index (χ4v) is 2.49. The number of aromatic hydroxyl groups is 1. The van der Waals surface area contributed by atoms with Crippen LogP contribution in [0.3, 0.4) is 0 Å². The molecule has 80 valence electrons. The van der Waals surface area contributed by atoms with Crippen LogP contribution in [0.25, 0.3) is 0 Å². The molecular weight excluding hydrogens is 281 g/mol. The van der Waals surface area contributed by atoms with Crippen LogP contribution in [-0.2, 0) is 4.79 Å². The van der Waals surface area contributed by atoms with Crippen molar-refractivity contribution in [3.8, 4) is 5.75 Å². The summed E-state index contributed by atoms with van der Waals surface area (Å²) in [5.74, 6) is 0.0284. The van der Waals surface area contributed by atoms with Crippen molar-refractivity contribution in [3.63, 3.8) is 0 Å². The van der Waals surface area contributed by atoms with Crippen molar-refractivity contribution in [2.24, 2.45) is 0 Å². The van der Waals surface area contributed by atoms with Gasteiger partial charge in [0.05, 0.1) is 5.38 Å². The van der Waals surface area contributed by atoms with E-state index in [4.69, 9.17) is 11.6 Å². The predicted octanol–water partition coefficient (Wildman–Crippen LogP) is 2.50. The standard InChI is InChI=1S/C10H9BrClNO2/c11-7-2-1-3-8(14)10(7)13-5-6(12)4-9(13)15/h1-3,6,14H,4-5H2. The van der Waals surface area contributed by atoms with Crippen LogP contribution in [0.4, 0.5) is 5.69 Å². The molecule has 1 unspecified atom stereocenters. The van der Waals surface area contributed by atoms with Gasteiger partial charge in [0, 0.05) is 17.4 Å². The first-order chi connectivity index (χ1) is 7.09. The lowest BCUT2D eigenvalue weighted by molar-refractivity contribution is -0.117. The van der Waals surface area contributed by atoms with E-state index in [1.165, 1.54) is 4.90 Å². The highest BCUT2D eigenvalue weighted by Gasteiger charge is 2.31. The quantitative estimate of drug-likeness (QED) is 0.807. The molecule has 0 aromatic heterocycles. The van der Waals surface area contributed by atoms with E-state index in [1.54, 1.807) is 18.2 Å². The number of alkyl halides is 1. The Balaban J connectivity index is 2.41. The third-order valence-corrected chi connectivity index (χ3v) is 3.25. The number of carbonyl (C=O) groups excluding carboxylic acids is 1. The summed E-state index contributed by atoms with van der Waals surface area (Å²) >= 11 is 9.20. The van der Waals surface area contributed by atoms with Crippen LogP contribution < -0.4 is 4.90 Å². The van der Waals surface area contributed by atoms with E-state index in [9.17, 15) is 9.90 Å². The normalized spacial score (nSPS) is 21.1. The van der Waals surface area contributed by atoms with Crippen LogP contribution in [0.15, 0.2) is 22.7 Å². The van der Waals surface area contributed by atoms with Gasteiger partial charge in [0.1, 0.15) is 11.4 Å². The van der Waals surface area contributed by atoms with Gasteiger partial charge in [0.2, 0.25) is 5.91 Å². The molecule has 0 bridgehead atoms. The molecule has 0 spiro atoms. The molecule has 1 heterocycles. The van der Waals surface area contributed by atoms with Crippen molar-refractivity contribution < 1.29 is 9.90 Å². The summed E-state index contributed by atoms with van der Waals surface area (Å²) in [7, 11) is 0. The molecule has 1 aliphatic heterocycles. The molecule has 1 atom stereocenters. The number of phenolic OH excluding ortho intramolecular Hbond substituents is 1. The first-order valence-corrected chi connectivity index (χ1v) is 5.74. The number of phenols is 1. The first-order valence-electron chi connectivity index (χ1n) is 4.51. The van der Waals surface area contributed by atoms with Crippen LogP contribution >= 0.6 is 27.5 Å². The molecule has 5 heteroatoms. The van der Waals surface area contributed by atoms with Crippen LogP contribution in [0.1, 0.15) is 6.42 Å². The van der Waals surface area contributed by atoms with Crippen molar-refractivity contribution >= 4 is 39.1 Å². The summed E-state index contributed by atoms with van der Waals surface area (Å²) in [5, 5.41) is 9.51. The number of hydrogen-bond acceptors (Lipinski definition) is 2. The zero-order valence-electron chi connectivity index (χ0n) is 7.78. The smallest absolute Gasteiger partial charge is 0.228 e. The molecule has 1 aliphatic rings. The number of halogens is 2. The zero-order valence-corrected chi connectivity index (χ0v) is 10.1. The van der Waals surface area contributed by atoms with Crippen LogP contribution in [0.2, 0.25) is 0 Å². The van der Waals surface area contributed by atoms with Gasteiger partial charge in [0.25, 0.3) is 0 Å². The molecule has 0 aliphatic carbocycles. The molecule has 1 fully saturated rings. The molecule has 1 N–H and O–H groups in total. The Morgan fingerprint density at radius 1 is 1.53 bits per heavy atom. The van der Waals surface area contributed by atoms with E-state index in [1.807, 2.05) is 0 Å². The van der Waals surface area contributed by atoms with Crippen molar-refractivity contribution in [2.75, 3.05) is 11.4 Å². The molecule has 1 aromatic rings. The third kappa shape index (κ3) is 1.96. The monoisotopic (exact) mass is 289 g/mol.